The van der Waals surface area contributed by atoms with Gasteiger partial charge in [0.05, 0.1) is 29.3 Å². The molecule has 1 aromatic carbocycles. The number of carbonyl (C=O) groups is 3. The maximum Gasteiger partial charge on any atom is 0.356 e. The SMILES string of the molecule is C=CCOC(=O)C1=C(SCCN2CCN(c3cc4c(cc3F)c(=O)c(C(=O)OCC=C)cn4C3CC3)CC2)[C@H](C)[C@@H]2[C@@H]([C@@H](C)O)C(=O)N12. The molecule has 4 aliphatic rings. The Hall–Kier alpha value is -3.94. The lowest BCUT2D eigenvalue weighted by atomic mass is 9.79. The quantitative estimate of drug-likeness (QED) is 0.191. The molecule has 1 aliphatic carbocycles. The first-order chi connectivity index (χ1) is 23.1. The third kappa shape index (κ3) is 6.19. The highest BCUT2D eigenvalue weighted by Crippen LogP contribution is 2.50. The number of esters is 2. The Kier molecular flexibility index (Phi) is 9.82. The number of aromatic nitrogens is 1. The lowest BCUT2D eigenvalue weighted by Crippen LogP contribution is -2.63. The van der Waals surface area contributed by atoms with Gasteiger partial charge in [0.2, 0.25) is 11.3 Å². The Morgan fingerprint density at radius 1 is 1.08 bits per heavy atom. The van der Waals surface area contributed by atoms with E-state index in [9.17, 15) is 24.3 Å². The molecule has 0 bridgehead atoms. The van der Waals surface area contributed by atoms with Crippen molar-refractivity contribution in [2.75, 3.05) is 56.6 Å². The molecule has 256 valence electrons. The third-order valence-corrected chi connectivity index (χ3v) is 10.9. The van der Waals surface area contributed by atoms with Crippen LogP contribution in [0.5, 0.6) is 0 Å². The van der Waals surface area contributed by atoms with E-state index in [1.165, 1.54) is 34.9 Å². The molecule has 3 fully saturated rings. The molecule has 4 heterocycles. The number of thioether (sulfide) groups is 1. The molecule has 11 nitrogen and oxygen atoms in total. The Morgan fingerprint density at radius 2 is 1.75 bits per heavy atom. The van der Waals surface area contributed by atoms with Crippen LogP contribution in [-0.2, 0) is 19.1 Å². The van der Waals surface area contributed by atoms with Crippen LogP contribution in [0.25, 0.3) is 10.9 Å². The molecule has 13 heteroatoms. The molecule has 0 spiro atoms. The van der Waals surface area contributed by atoms with Gasteiger partial charge in [0.1, 0.15) is 30.3 Å². The van der Waals surface area contributed by atoms with Crippen LogP contribution in [-0.4, -0.2) is 101 Å². The summed E-state index contributed by atoms with van der Waals surface area (Å²) >= 11 is 1.53. The second-order valence-corrected chi connectivity index (χ2v) is 13.9. The van der Waals surface area contributed by atoms with Gasteiger partial charge in [0.15, 0.2) is 0 Å². The van der Waals surface area contributed by atoms with E-state index in [0.717, 1.165) is 17.7 Å². The van der Waals surface area contributed by atoms with Crippen LogP contribution in [0.3, 0.4) is 0 Å². The summed E-state index contributed by atoms with van der Waals surface area (Å²) in [6.07, 6.45) is 5.45. The predicted octanol–water partition coefficient (Wildman–Crippen LogP) is 3.47. The number of fused-ring (bicyclic) bond motifs is 2. The van der Waals surface area contributed by atoms with Crippen LogP contribution in [0.4, 0.5) is 10.1 Å². The Balaban J connectivity index is 1.13. The van der Waals surface area contributed by atoms with Crippen molar-refractivity contribution in [3.05, 3.63) is 75.8 Å². The molecular formula is C35H41FN4O7S. The van der Waals surface area contributed by atoms with Crippen LogP contribution < -0.4 is 10.3 Å². The number of β-lactam (4-membered cyclic amide) rings is 1. The summed E-state index contributed by atoms with van der Waals surface area (Å²) in [6.45, 7) is 13.9. The molecule has 48 heavy (non-hydrogen) atoms. The Labute approximate surface area is 282 Å². The topological polar surface area (TPSA) is 122 Å². The zero-order valence-corrected chi connectivity index (χ0v) is 28.0. The van der Waals surface area contributed by atoms with Gasteiger partial charge in [-0.25, -0.2) is 14.0 Å². The molecular weight excluding hydrogens is 639 g/mol. The molecule has 1 saturated carbocycles. The number of amides is 1. The van der Waals surface area contributed by atoms with Gasteiger partial charge in [0, 0.05) is 66.9 Å². The van der Waals surface area contributed by atoms with Crippen molar-refractivity contribution >= 4 is 46.2 Å². The zero-order valence-electron chi connectivity index (χ0n) is 27.2. The fourth-order valence-corrected chi connectivity index (χ4v) is 8.31. The summed E-state index contributed by atoms with van der Waals surface area (Å²) in [5.41, 5.74) is 0.617. The van der Waals surface area contributed by atoms with E-state index in [4.69, 9.17) is 9.47 Å². The Morgan fingerprint density at radius 3 is 2.38 bits per heavy atom. The fraction of sp³-hybridized carbons (Fsp3) is 0.486. The van der Waals surface area contributed by atoms with Crippen molar-refractivity contribution in [1.29, 1.82) is 0 Å². The van der Waals surface area contributed by atoms with Crippen LogP contribution in [0, 0.1) is 17.7 Å². The lowest BCUT2D eigenvalue weighted by Gasteiger charge is -2.46. The van der Waals surface area contributed by atoms with Crippen molar-refractivity contribution < 1.29 is 33.4 Å². The number of aliphatic hydroxyl groups is 1. The van der Waals surface area contributed by atoms with Crippen molar-refractivity contribution in [1.82, 2.24) is 14.4 Å². The third-order valence-electron chi connectivity index (χ3n) is 9.61. The molecule has 0 radical (unpaired) electrons. The molecule has 1 aromatic heterocycles. The van der Waals surface area contributed by atoms with Crippen molar-refractivity contribution in [3.8, 4) is 0 Å². The number of halogens is 1. The largest absolute Gasteiger partial charge is 0.458 e. The van der Waals surface area contributed by atoms with Crippen LogP contribution in [0.2, 0.25) is 0 Å². The summed E-state index contributed by atoms with van der Waals surface area (Å²) < 4.78 is 27.9. The van der Waals surface area contributed by atoms with Crippen LogP contribution in [0.15, 0.2) is 59.0 Å². The number of pyridine rings is 1. The van der Waals surface area contributed by atoms with Gasteiger partial charge in [-0.1, -0.05) is 32.2 Å². The number of hydrogen-bond donors (Lipinski definition) is 1. The van der Waals surface area contributed by atoms with Crippen molar-refractivity contribution in [2.45, 2.75) is 44.9 Å². The summed E-state index contributed by atoms with van der Waals surface area (Å²) in [5.74, 6) is -2.10. The zero-order chi connectivity index (χ0) is 34.3. The molecule has 2 saturated heterocycles. The van der Waals surface area contributed by atoms with E-state index in [2.05, 4.69) is 18.1 Å². The summed E-state index contributed by atoms with van der Waals surface area (Å²) in [6, 6.07) is 2.82. The van der Waals surface area contributed by atoms with E-state index in [0.29, 0.717) is 49.7 Å². The van der Waals surface area contributed by atoms with Crippen LogP contribution >= 0.6 is 11.8 Å². The molecule has 1 amide bonds. The number of aliphatic hydroxyl groups excluding tert-OH is 1. The monoisotopic (exact) mass is 680 g/mol. The highest BCUT2D eigenvalue weighted by atomic mass is 32.2. The molecule has 3 aliphatic heterocycles. The minimum atomic E-state index is -0.815. The summed E-state index contributed by atoms with van der Waals surface area (Å²) in [4.78, 5) is 58.3. The highest BCUT2D eigenvalue weighted by molar-refractivity contribution is 8.03. The molecule has 4 atom stereocenters. The normalized spacial score (nSPS) is 23.2. The molecule has 0 unspecified atom stereocenters. The van der Waals surface area contributed by atoms with Crippen molar-refractivity contribution in [2.24, 2.45) is 11.8 Å². The van der Waals surface area contributed by atoms with Crippen LogP contribution in [0.1, 0.15) is 43.1 Å². The van der Waals surface area contributed by atoms with Gasteiger partial charge >= 0.3 is 11.9 Å². The van der Waals surface area contributed by atoms with Gasteiger partial charge < -0.3 is 28.9 Å². The average Bonchev–Trinajstić information content (AvgIpc) is 3.88. The molecule has 1 N–H and O–H groups in total. The van der Waals surface area contributed by atoms with Gasteiger partial charge in [-0.05, 0) is 31.9 Å². The van der Waals surface area contributed by atoms with E-state index in [1.54, 1.807) is 19.2 Å². The number of piperazine rings is 1. The van der Waals surface area contributed by atoms with E-state index in [-0.39, 0.29) is 53.8 Å². The van der Waals surface area contributed by atoms with Gasteiger partial charge in [-0.2, -0.15) is 0 Å². The summed E-state index contributed by atoms with van der Waals surface area (Å²) in [7, 11) is 0. The second kappa shape index (κ2) is 13.9. The second-order valence-electron chi connectivity index (χ2n) is 12.7. The first kappa shape index (κ1) is 33.9. The fourth-order valence-electron chi connectivity index (χ4n) is 7.02. The van der Waals surface area contributed by atoms with Gasteiger partial charge in [-0.15, -0.1) is 11.8 Å². The maximum atomic E-state index is 15.6. The number of nitrogens with zero attached hydrogens (tertiary/aromatic N) is 4. The Bertz CT molecular complexity index is 1740. The number of rotatable bonds is 13. The number of ether oxygens (including phenoxy) is 2. The number of benzene rings is 1. The predicted molar refractivity (Wildman–Crippen MR) is 181 cm³/mol. The van der Waals surface area contributed by atoms with Crippen molar-refractivity contribution in [3.63, 3.8) is 0 Å². The van der Waals surface area contributed by atoms with E-state index < -0.39 is 35.2 Å². The maximum absolute atomic E-state index is 15.6. The van der Waals surface area contributed by atoms with Gasteiger partial charge in [0.25, 0.3) is 0 Å². The number of anilines is 1. The minimum Gasteiger partial charge on any atom is -0.458 e. The summed E-state index contributed by atoms with van der Waals surface area (Å²) in [5, 5.41) is 10.4. The highest BCUT2D eigenvalue weighted by Gasteiger charge is 2.60. The first-order valence-electron chi connectivity index (χ1n) is 16.4. The first-order valence-corrected chi connectivity index (χ1v) is 17.4. The lowest BCUT2D eigenvalue weighted by molar-refractivity contribution is -0.164. The number of hydrogen-bond acceptors (Lipinski definition) is 10. The van der Waals surface area contributed by atoms with E-state index in [1.807, 2.05) is 16.4 Å². The molecule has 6 rings (SSSR count). The smallest absolute Gasteiger partial charge is 0.356 e. The minimum absolute atomic E-state index is 0.0229. The van der Waals surface area contributed by atoms with Gasteiger partial charge in [-0.3, -0.25) is 14.5 Å². The average molecular weight is 681 g/mol. The van der Waals surface area contributed by atoms with E-state index >= 15 is 4.39 Å². The molecule has 2 aromatic rings. The standard InChI is InChI=1S/C35H41FN4O7S/c1-5-14-46-34(44)24-19-39(22-7-8-22)26-18-27(25(36)17-23(26)31(24)42)38-11-9-37(10-12-38)13-16-48-32-20(3)29-28(21(4)41)33(43)40(29)30(32)35(45)47-15-6-2/h5-6,17-22,28-29,41H,1-2,7-16H2,3-4H3/t20-,21-,28-,29-/m1/s1. The number of carbonyl (C=O) groups excluding carboxylic acids is 3.